The Morgan fingerprint density at radius 2 is 2.10 bits per heavy atom. The van der Waals surface area contributed by atoms with E-state index in [1.165, 1.54) is 8.05 Å². The Kier molecular flexibility index (Phi) is 2.05. The van der Waals surface area contributed by atoms with E-state index >= 15 is 0 Å². The van der Waals surface area contributed by atoms with Gasteiger partial charge < -0.3 is 4.65 Å². The van der Waals surface area contributed by atoms with E-state index in [4.69, 9.17) is 0 Å². The van der Waals surface area contributed by atoms with Gasteiger partial charge in [-0.2, -0.15) is 0 Å². The Morgan fingerprint density at radius 1 is 1.50 bits per heavy atom. The molecule has 0 aromatic carbocycles. The summed E-state index contributed by atoms with van der Waals surface area (Å²) in [5.74, 6) is -0.331. The normalized spacial score (nSPS) is 8.80. The van der Waals surface area contributed by atoms with Crippen LogP contribution in [0.5, 0.6) is 0 Å². The quantitative estimate of drug-likeness (QED) is 0.500. The summed E-state index contributed by atoms with van der Waals surface area (Å²) >= 11 is 0. The first-order valence-corrected chi connectivity index (χ1v) is 2.83. The fraction of sp³-hybridized carbons (Fsp3) is 0. The van der Waals surface area contributed by atoms with Gasteiger partial charge in [-0.05, 0) is 12.1 Å². The minimum atomic E-state index is -0.331. The molecule has 0 saturated carbocycles. The molecule has 1 aromatic heterocycles. The molecule has 0 spiro atoms. The van der Waals surface area contributed by atoms with Gasteiger partial charge in [0.05, 0.1) is 5.56 Å². The van der Waals surface area contributed by atoms with Crippen LogP contribution < -0.4 is 0 Å². The number of nitrogens with zero attached hydrogens (tertiary/aromatic N) is 1. The van der Waals surface area contributed by atoms with Crippen molar-refractivity contribution in [1.29, 1.82) is 0 Å². The molecule has 0 aliphatic heterocycles. The topological polar surface area (TPSA) is 39.2 Å². The van der Waals surface area contributed by atoms with Gasteiger partial charge in [0.25, 0.3) is 0 Å². The smallest absolute Gasteiger partial charge is 0.326 e. The number of hydrogen-bond acceptors (Lipinski definition) is 3. The van der Waals surface area contributed by atoms with Crippen molar-refractivity contribution in [1.82, 2.24) is 4.98 Å². The molecule has 1 rings (SSSR count). The molecule has 0 bridgehead atoms. The maximum absolute atomic E-state index is 10.8. The number of carbonyl (C=O) groups excluding carboxylic acids is 1. The molecule has 3 nitrogen and oxygen atoms in total. The standard InChI is InChI=1S/C6H6BNO2/c7-10-6(9)5-1-3-8-4-2-5/h1-4H,7H2. The lowest BCUT2D eigenvalue weighted by molar-refractivity contribution is 0.0749. The molecule has 4 heteroatoms. The molecule has 0 fully saturated rings. The molecule has 1 heterocycles. The van der Waals surface area contributed by atoms with Crippen molar-refractivity contribution in [3.05, 3.63) is 30.1 Å². The summed E-state index contributed by atoms with van der Waals surface area (Å²) in [6.45, 7) is 0. The third-order valence-corrected chi connectivity index (χ3v) is 1.10. The highest BCUT2D eigenvalue weighted by atomic mass is 16.5. The summed E-state index contributed by atoms with van der Waals surface area (Å²) in [6.07, 6.45) is 3.10. The minimum Gasteiger partial charge on any atom is -0.540 e. The zero-order valence-corrected chi connectivity index (χ0v) is 5.57. The third-order valence-electron chi connectivity index (χ3n) is 1.10. The van der Waals surface area contributed by atoms with Crippen molar-refractivity contribution in [3.8, 4) is 0 Å². The average molecular weight is 135 g/mol. The number of aromatic nitrogens is 1. The Balaban J connectivity index is 2.85. The van der Waals surface area contributed by atoms with E-state index in [1.54, 1.807) is 24.5 Å². The highest BCUT2D eigenvalue weighted by Gasteiger charge is 2.00. The summed E-state index contributed by atoms with van der Waals surface area (Å²) in [5.41, 5.74) is 0.525. The molecule has 0 radical (unpaired) electrons. The summed E-state index contributed by atoms with van der Waals surface area (Å²) in [6, 6.07) is 3.21. The van der Waals surface area contributed by atoms with Gasteiger partial charge in [-0.15, -0.1) is 0 Å². The van der Waals surface area contributed by atoms with Crippen LogP contribution in [0.4, 0.5) is 0 Å². The maximum Gasteiger partial charge on any atom is 0.326 e. The first-order chi connectivity index (χ1) is 4.84. The summed E-state index contributed by atoms with van der Waals surface area (Å²) in [5, 5.41) is 0. The van der Waals surface area contributed by atoms with E-state index in [9.17, 15) is 4.79 Å². The van der Waals surface area contributed by atoms with Crippen molar-refractivity contribution in [2.75, 3.05) is 0 Å². The van der Waals surface area contributed by atoms with Gasteiger partial charge in [-0.3, -0.25) is 4.98 Å². The predicted molar refractivity (Wildman–Crippen MR) is 38.2 cm³/mol. The van der Waals surface area contributed by atoms with Crippen molar-refractivity contribution in [2.45, 2.75) is 0 Å². The van der Waals surface area contributed by atoms with Crippen LogP contribution in [0.25, 0.3) is 0 Å². The Morgan fingerprint density at radius 3 is 2.60 bits per heavy atom. The van der Waals surface area contributed by atoms with Crippen molar-refractivity contribution in [2.24, 2.45) is 0 Å². The SMILES string of the molecule is BOC(=O)c1ccncc1. The summed E-state index contributed by atoms with van der Waals surface area (Å²) in [7, 11) is 1.35. The second-order valence-corrected chi connectivity index (χ2v) is 1.73. The molecule has 0 amide bonds. The van der Waals surface area contributed by atoms with E-state index in [0.717, 1.165) is 0 Å². The molecule has 1 aromatic rings. The third kappa shape index (κ3) is 1.34. The van der Waals surface area contributed by atoms with E-state index in [1.807, 2.05) is 0 Å². The first kappa shape index (κ1) is 6.80. The fourth-order valence-electron chi connectivity index (χ4n) is 0.606. The molecule has 0 unspecified atom stereocenters. The molecule has 10 heavy (non-hydrogen) atoms. The predicted octanol–water partition coefficient (Wildman–Crippen LogP) is -0.214. The lowest BCUT2D eigenvalue weighted by atomic mass is 10.3. The van der Waals surface area contributed by atoms with Crippen molar-refractivity contribution in [3.63, 3.8) is 0 Å². The number of carbonyl (C=O) groups is 1. The highest BCUT2D eigenvalue weighted by molar-refractivity contribution is 6.09. The van der Waals surface area contributed by atoms with Crippen LogP contribution in [0.3, 0.4) is 0 Å². The van der Waals surface area contributed by atoms with Gasteiger partial charge in [0, 0.05) is 12.4 Å². The Hall–Kier alpha value is -1.32. The average Bonchev–Trinajstić information content (AvgIpc) is 2.05. The van der Waals surface area contributed by atoms with Gasteiger partial charge in [0.1, 0.15) is 0 Å². The van der Waals surface area contributed by atoms with E-state index in [2.05, 4.69) is 9.64 Å². The summed E-state index contributed by atoms with van der Waals surface area (Å²) < 4.78 is 4.47. The van der Waals surface area contributed by atoms with Crippen LogP contribution in [0.1, 0.15) is 10.4 Å². The Labute approximate surface area is 59.5 Å². The zero-order chi connectivity index (χ0) is 7.40. The van der Waals surface area contributed by atoms with Gasteiger partial charge in [0.2, 0.25) is 0 Å². The van der Waals surface area contributed by atoms with Gasteiger partial charge in [-0.1, -0.05) is 0 Å². The molecule has 0 saturated heterocycles. The number of rotatable bonds is 1. The molecule has 50 valence electrons. The number of pyridine rings is 1. The minimum absolute atomic E-state index is 0.331. The lowest BCUT2D eigenvalue weighted by Crippen LogP contribution is -2.01. The monoisotopic (exact) mass is 135 g/mol. The second kappa shape index (κ2) is 3.01. The zero-order valence-electron chi connectivity index (χ0n) is 5.57. The van der Waals surface area contributed by atoms with Crippen LogP contribution in [0.2, 0.25) is 0 Å². The molecule has 0 aliphatic carbocycles. The molecule has 0 N–H and O–H groups in total. The van der Waals surface area contributed by atoms with E-state index in [0.29, 0.717) is 5.56 Å². The van der Waals surface area contributed by atoms with Crippen molar-refractivity contribution < 1.29 is 9.45 Å². The summed E-state index contributed by atoms with van der Waals surface area (Å²) in [4.78, 5) is 14.5. The van der Waals surface area contributed by atoms with Crippen molar-refractivity contribution >= 4 is 14.0 Å². The van der Waals surface area contributed by atoms with E-state index in [-0.39, 0.29) is 5.97 Å². The van der Waals surface area contributed by atoms with Gasteiger partial charge in [-0.25, -0.2) is 4.79 Å². The van der Waals surface area contributed by atoms with Gasteiger partial charge >= 0.3 is 14.0 Å². The Bertz CT molecular complexity index is 224. The number of hydrogen-bond donors (Lipinski definition) is 0. The lowest BCUT2D eigenvalue weighted by Gasteiger charge is -1.95. The fourth-order valence-corrected chi connectivity index (χ4v) is 0.606. The first-order valence-electron chi connectivity index (χ1n) is 2.83. The molecule has 0 aliphatic rings. The van der Waals surface area contributed by atoms with Crippen LogP contribution in [-0.4, -0.2) is 19.0 Å². The van der Waals surface area contributed by atoms with Crippen LogP contribution in [0.15, 0.2) is 24.5 Å². The highest BCUT2D eigenvalue weighted by Crippen LogP contribution is 1.96. The maximum atomic E-state index is 10.8. The van der Waals surface area contributed by atoms with Gasteiger partial charge in [0.15, 0.2) is 0 Å². The van der Waals surface area contributed by atoms with Crippen LogP contribution in [-0.2, 0) is 4.65 Å². The largest absolute Gasteiger partial charge is 0.540 e. The molecule has 0 atom stereocenters. The van der Waals surface area contributed by atoms with Crippen LogP contribution >= 0.6 is 0 Å². The second-order valence-electron chi connectivity index (χ2n) is 1.73. The van der Waals surface area contributed by atoms with E-state index < -0.39 is 0 Å². The van der Waals surface area contributed by atoms with Crippen LogP contribution in [0, 0.1) is 0 Å². The molecular formula is C6H6BNO2. The molecular weight excluding hydrogens is 129 g/mol.